The minimum Gasteiger partial charge on any atom is -0.494 e. The molecule has 0 aromatic heterocycles. The van der Waals surface area contributed by atoms with Crippen molar-refractivity contribution >= 4 is 11.6 Å². The second-order valence-electron chi connectivity index (χ2n) is 5.63. The quantitative estimate of drug-likeness (QED) is 0.477. The summed E-state index contributed by atoms with van der Waals surface area (Å²) in [5.74, 6) is 0.846. The third-order valence-electron chi connectivity index (χ3n) is 3.88. The van der Waals surface area contributed by atoms with Gasteiger partial charge in [-0.3, -0.25) is 0 Å². The minimum absolute atomic E-state index is 0. The van der Waals surface area contributed by atoms with Crippen molar-refractivity contribution in [3.8, 4) is 5.75 Å². The molecular formula is C22H20ClLiO2. The summed E-state index contributed by atoms with van der Waals surface area (Å²) in [6.45, 7) is 3.12. The SMILES string of the molecule is CCOc1ccc(C(OCc2ccccc2)c2c[c-]ccc2Cl)cc1.[Li+]. The van der Waals surface area contributed by atoms with Crippen LogP contribution in [0.2, 0.25) is 5.02 Å². The summed E-state index contributed by atoms with van der Waals surface area (Å²) in [5.41, 5.74) is 3.06. The summed E-state index contributed by atoms with van der Waals surface area (Å²) in [6, 6.07) is 26.7. The van der Waals surface area contributed by atoms with Crippen LogP contribution in [0.3, 0.4) is 0 Å². The van der Waals surface area contributed by atoms with Crippen molar-refractivity contribution in [2.45, 2.75) is 19.6 Å². The van der Waals surface area contributed by atoms with E-state index in [9.17, 15) is 0 Å². The molecule has 0 bridgehead atoms. The van der Waals surface area contributed by atoms with E-state index in [1.807, 2.05) is 73.7 Å². The molecule has 128 valence electrons. The molecular weight excluding hydrogens is 339 g/mol. The average Bonchev–Trinajstić information content (AvgIpc) is 2.65. The Morgan fingerprint density at radius 2 is 1.73 bits per heavy atom. The second kappa shape index (κ2) is 10.5. The fourth-order valence-corrected chi connectivity index (χ4v) is 2.87. The van der Waals surface area contributed by atoms with Crippen LogP contribution < -0.4 is 23.6 Å². The zero-order valence-corrected chi connectivity index (χ0v) is 15.9. The standard InChI is InChI=1S/C22H20ClO2.Li/c1-2-24-19-14-12-18(13-15-19)22(20-10-6-7-11-21(20)23)25-16-17-8-4-3-5-9-17;/h3-5,7-15,22H,2,16H2,1H3;/q-1;+1. The van der Waals surface area contributed by atoms with Gasteiger partial charge in [0.15, 0.2) is 0 Å². The van der Waals surface area contributed by atoms with E-state index >= 15 is 0 Å². The molecule has 0 heterocycles. The smallest absolute Gasteiger partial charge is 0.494 e. The van der Waals surface area contributed by atoms with E-state index in [2.05, 4.69) is 6.07 Å². The predicted octanol–water partition coefficient (Wildman–Crippen LogP) is 2.85. The number of hydrogen-bond acceptors (Lipinski definition) is 2. The summed E-state index contributed by atoms with van der Waals surface area (Å²) >= 11 is 6.41. The van der Waals surface area contributed by atoms with Gasteiger partial charge in [0.05, 0.1) is 19.3 Å². The molecule has 0 saturated carbocycles. The first kappa shape index (κ1) is 20.6. The Labute approximate surface area is 172 Å². The monoisotopic (exact) mass is 358 g/mol. The normalized spacial score (nSPS) is 11.5. The van der Waals surface area contributed by atoms with Gasteiger partial charge in [-0.25, -0.2) is 0 Å². The molecule has 1 unspecified atom stereocenters. The van der Waals surface area contributed by atoms with E-state index < -0.39 is 0 Å². The molecule has 26 heavy (non-hydrogen) atoms. The first-order valence-corrected chi connectivity index (χ1v) is 8.69. The Balaban J connectivity index is 0.00000243. The molecule has 2 nitrogen and oxygen atoms in total. The molecule has 0 spiro atoms. The molecule has 0 aliphatic rings. The predicted molar refractivity (Wildman–Crippen MR) is 101 cm³/mol. The molecule has 3 rings (SSSR count). The van der Waals surface area contributed by atoms with Crippen LogP contribution in [-0.4, -0.2) is 6.61 Å². The largest absolute Gasteiger partial charge is 1.00 e. The summed E-state index contributed by atoms with van der Waals surface area (Å²) in [4.78, 5) is 0. The molecule has 4 heteroatoms. The molecule has 0 amide bonds. The van der Waals surface area contributed by atoms with Gasteiger partial charge in [-0.15, -0.1) is 17.2 Å². The molecule has 0 aliphatic heterocycles. The van der Waals surface area contributed by atoms with E-state index in [0.29, 0.717) is 18.2 Å². The average molecular weight is 359 g/mol. The number of rotatable bonds is 7. The van der Waals surface area contributed by atoms with Gasteiger partial charge in [-0.1, -0.05) is 47.5 Å². The van der Waals surface area contributed by atoms with Crippen LogP contribution in [-0.2, 0) is 11.3 Å². The zero-order valence-electron chi connectivity index (χ0n) is 15.1. The van der Waals surface area contributed by atoms with Gasteiger partial charge in [-0.05, 0) is 30.2 Å². The number of halogens is 1. The van der Waals surface area contributed by atoms with Gasteiger partial charge >= 0.3 is 18.9 Å². The van der Waals surface area contributed by atoms with E-state index in [-0.39, 0.29) is 25.0 Å². The zero-order chi connectivity index (χ0) is 17.5. The fourth-order valence-electron chi connectivity index (χ4n) is 2.65. The Bertz CT molecular complexity index is 791. The Morgan fingerprint density at radius 1 is 1.00 bits per heavy atom. The van der Waals surface area contributed by atoms with Crippen molar-refractivity contribution in [2.75, 3.05) is 6.61 Å². The molecule has 0 fully saturated rings. The first-order valence-electron chi connectivity index (χ1n) is 8.31. The van der Waals surface area contributed by atoms with Crippen LogP contribution in [0.15, 0.2) is 72.8 Å². The summed E-state index contributed by atoms with van der Waals surface area (Å²) in [5, 5.41) is 0.672. The van der Waals surface area contributed by atoms with Crippen LogP contribution in [0.1, 0.15) is 29.7 Å². The van der Waals surface area contributed by atoms with Gasteiger partial charge < -0.3 is 9.47 Å². The molecule has 0 saturated heterocycles. The maximum absolute atomic E-state index is 6.41. The Morgan fingerprint density at radius 3 is 2.38 bits per heavy atom. The number of ether oxygens (including phenoxy) is 2. The summed E-state index contributed by atoms with van der Waals surface area (Å²) < 4.78 is 11.8. The van der Waals surface area contributed by atoms with Crippen LogP contribution in [0, 0.1) is 6.07 Å². The number of hydrogen-bond donors (Lipinski definition) is 0. The van der Waals surface area contributed by atoms with Gasteiger partial charge in [0.2, 0.25) is 0 Å². The third-order valence-corrected chi connectivity index (χ3v) is 4.22. The molecule has 0 radical (unpaired) electrons. The van der Waals surface area contributed by atoms with Crippen LogP contribution in [0.4, 0.5) is 0 Å². The maximum atomic E-state index is 6.41. The van der Waals surface area contributed by atoms with Crippen LogP contribution in [0.25, 0.3) is 0 Å². The van der Waals surface area contributed by atoms with Crippen molar-refractivity contribution in [3.05, 3.63) is 101 Å². The third kappa shape index (κ3) is 5.40. The summed E-state index contributed by atoms with van der Waals surface area (Å²) in [6.07, 6.45) is -0.263. The second-order valence-corrected chi connectivity index (χ2v) is 6.03. The van der Waals surface area contributed by atoms with Crippen molar-refractivity contribution < 1.29 is 28.3 Å². The van der Waals surface area contributed by atoms with Crippen LogP contribution in [0.5, 0.6) is 5.75 Å². The van der Waals surface area contributed by atoms with Crippen molar-refractivity contribution in [2.24, 2.45) is 0 Å². The van der Waals surface area contributed by atoms with Crippen LogP contribution >= 0.6 is 11.6 Å². The van der Waals surface area contributed by atoms with Crippen molar-refractivity contribution in [1.82, 2.24) is 0 Å². The van der Waals surface area contributed by atoms with E-state index in [1.165, 1.54) is 0 Å². The molecule has 3 aromatic rings. The van der Waals surface area contributed by atoms with Gasteiger partial charge in [0.1, 0.15) is 5.75 Å². The fraction of sp³-hybridized carbons (Fsp3) is 0.182. The topological polar surface area (TPSA) is 18.5 Å². The molecule has 0 N–H and O–H groups in total. The number of benzene rings is 3. The Hall–Kier alpha value is -1.69. The van der Waals surface area contributed by atoms with Gasteiger partial charge in [0, 0.05) is 0 Å². The first-order chi connectivity index (χ1) is 12.3. The maximum Gasteiger partial charge on any atom is 1.00 e. The summed E-state index contributed by atoms with van der Waals surface area (Å²) in [7, 11) is 0. The Kier molecular flexibility index (Phi) is 8.29. The van der Waals surface area contributed by atoms with Gasteiger partial charge in [0.25, 0.3) is 0 Å². The minimum atomic E-state index is -0.263. The van der Waals surface area contributed by atoms with Crippen molar-refractivity contribution in [3.63, 3.8) is 0 Å². The molecule has 1 atom stereocenters. The molecule has 3 aromatic carbocycles. The van der Waals surface area contributed by atoms with Crippen molar-refractivity contribution in [1.29, 1.82) is 0 Å². The van der Waals surface area contributed by atoms with E-state index in [4.69, 9.17) is 21.1 Å². The van der Waals surface area contributed by atoms with Gasteiger partial charge in [-0.2, -0.15) is 24.3 Å². The van der Waals surface area contributed by atoms with E-state index in [1.54, 1.807) is 6.07 Å². The molecule has 0 aliphatic carbocycles. The van der Waals surface area contributed by atoms with E-state index in [0.717, 1.165) is 22.4 Å².